The van der Waals surface area contributed by atoms with Gasteiger partial charge in [-0.15, -0.1) is 0 Å². The molecule has 140 valence electrons. The predicted octanol–water partition coefficient (Wildman–Crippen LogP) is 3.29. The Morgan fingerprint density at radius 2 is 1.85 bits per heavy atom. The molecule has 0 radical (unpaired) electrons. The van der Waals surface area contributed by atoms with Crippen LogP contribution in [0.3, 0.4) is 0 Å². The maximum atomic E-state index is 12.0. The van der Waals surface area contributed by atoms with Crippen molar-refractivity contribution in [1.82, 2.24) is 5.43 Å². The molecule has 0 spiro atoms. The maximum absolute atomic E-state index is 12.0. The molecule has 2 aromatic carbocycles. The van der Waals surface area contributed by atoms with E-state index in [0.29, 0.717) is 17.9 Å². The summed E-state index contributed by atoms with van der Waals surface area (Å²) in [5.74, 6) is -0.259. The highest BCUT2D eigenvalue weighted by Crippen LogP contribution is 2.16. The van der Waals surface area contributed by atoms with Crippen LogP contribution >= 0.6 is 0 Å². The molecule has 0 fully saturated rings. The second-order valence-electron chi connectivity index (χ2n) is 5.67. The van der Waals surface area contributed by atoms with E-state index < -0.39 is 11.8 Å². The minimum absolute atomic E-state index is 0.315. The summed E-state index contributed by atoms with van der Waals surface area (Å²) in [6, 6.07) is 14.8. The van der Waals surface area contributed by atoms with E-state index in [1.807, 2.05) is 49.4 Å². The number of rotatable bonds is 9. The molecule has 0 aromatic heterocycles. The molecule has 2 N–H and O–H groups in total. The molecule has 0 saturated carbocycles. The van der Waals surface area contributed by atoms with Gasteiger partial charge in [0.15, 0.2) is 0 Å². The molecule has 0 aliphatic heterocycles. The fraction of sp³-hybridized carbons (Fsp3) is 0.190. The summed E-state index contributed by atoms with van der Waals surface area (Å²) in [6.07, 6.45) is 3.59. The average Bonchev–Trinajstić information content (AvgIpc) is 2.67. The minimum atomic E-state index is -0.498. The summed E-state index contributed by atoms with van der Waals surface area (Å²) in [7, 11) is 0. The van der Waals surface area contributed by atoms with Crippen LogP contribution in [0.1, 0.15) is 24.5 Å². The van der Waals surface area contributed by atoms with Gasteiger partial charge in [0, 0.05) is 11.3 Å². The molecule has 0 bridgehead atoms. The van der Waals surface area contributed by atoms with Gasteiger partial charge >= 0.3 is 0 Å². The molecular weight excluding hydrogens is 342 g/mol. The summed E-state index contributed by atoms with van der Waals surface area (Å²) in [5.41, 5.74) is 4.79. The largest absolute Gasteiger partial charge is 0.489 e. The van der Waals surface area contributed by atoms with Gasteiger partial charge in [-0.1, -0.05) is 49.9 Å². The smallest absolute Gasteiger partial charge is 0.249 e. The summed E-state index contributed by atoms with van der Waals surface area (Å²) < 4.78 is 5.51. The fourth-order valence-corrected chi connectivity index (χ4v) is 2.37. The number of anilines is 1. The van der Waals surface area contributed by atoms with Crippen LogP contribution < -0.4 is 15.5 Å². The van der Waals surface area contributed by atoms with E-state index in [1.165, 1.54) is 6.21 Å². The summed E-state index contributed by atoms with van der Waals surface area (Å²) in [6.45, 7) is 5.98. The Morgan fingerprint density at radius 1 is 1.11 bits per heavy atom. The highest BCUT2D eigenvalue weighted by atomic mass is 16.5. The van der Waals surface area contributed by atoms with Crippen LogP contribution in [0.2, 0.25) is 0 Å². The van der Waals surface area contributed by atoms with Crippen molar-refractivity contribution in [2.75, 3.05) is 11.9 Å². The zero-order valence-corrected chi connectivity index (χ0v) is 15.3. The number of para-hydroxylation sites is 2. The second kappa shape index (κ2) is 10.6. The molecule has 0 aliphatic carbocycles. The number of amides is 2. The molecule has 6 heteroatoms. The van der Waals surface area contributed by atoms with Crippen molar-refractivity contribution < 1.29 is 14.3 Å². The van der Waals surface area contributed by atoms with Gasteiger partial charge in [0.25, 0.3) is 0 Å². The van der Waals surface area contributed by atoms with Crippen LogP contribution in [0, 0.1) is 0 Å². The third-order valence-corrected chi connectivity index (χ3v) is 3.66. The molecule has 0 unspecified atom stereocenters. The van der Waals surface area contributed by atoms with E-state index in [-0.39, 0.29) is 6.42 Å². The Kier molecular flexibility index (Phi) is 7.78. The van der Waals surface area contributed by atoms with Crippen molar-refractivity contribution in [2.45, 2.75) is 19.8 Å². The molecule has 0 aliphatic rings. The lowest BCUT2D eigenvalue weighted by Gasteiger charge is -2.09. The lowest BCUT2D eigenvalue weighted by Crippen LogP contribution is -2.25. The molecule has 2 amide bonds. The Labute approximate surface area is 158 Å². The first kappa shape index (κ1) is 19.9. The predicted molar refractivity (Wildman–Crippen MR) is 107 cm³/mol. The van der Waals surface area contributed by atoms with Crippen LogP contribution in [0.15, 0.2) is 66.3 Å². The number of nitrogens with one attached hydrogen (secondary N) is 2. The quantitative estimate of drug-likeness (QED) is 0.310. The number of hydrogen-bond acceptors (Lipinski definition) is 4. The maximum Gasteiger partial charge on any atom is 0.249 e. The third kappa shape index (κ3) is 6.43. The van der Waals surface area contributed by atoms with Gasteiger partial charge in [0.2, 0.25) is 11.8 Å². The van der Waals surface area contributed by atoms with Gasteiger partial charge in [-0.05, 0) is 30.2 Å². The number of nitrogens with zero attached hydrogens (tertiary/aromatic N) is 1. The van der Waals surface area contributed by atoms with Crippen molar-refractivity contribution in [3.05, 3.63) is 72.3 Å². The molecule has 27 heavy (non-hydrogen) atoms. The molecule has 0 atom stereocenters. The van der Waals surface area contributed by atoms with Gasteiger partial charge in [-0.2, -0.15) is 5.10 Å². The zero-order valence-electron chi connectivity index (χ0n) is 15.3. The van der Waals surface area contributed by atoms with Gasteiger partial charge in [-0.3, -0.25) is 9.59 Å². The Bertz CT molecular complexity index is 831. The van der Waals surface area contributed by atoms with Gasteiger partial charge in [0.05, 0.1) is 6.21 Å². The monoisotopic (exact) mass is 365 g/mol. The van der Waals surface area contributed by atoms with E-state index in [9.17, 15) is 9.59 Å². The number of aryl methyl sites for hydroxylation is 1. The van der Waals surface area contributed by atoms with Gasteiger partial charge in [0.1, 0.15) is 18.8 Å². The van der Waals surface area contributed by atoms with Crippen LogP contribution in [0.25, 0.3) is 0 Å². The molecule has 2 rings (SSSR count). The Hall–Kier alpha value is -3.41. The van der Waals surface area contributed by atoms with Gasteiger partial charge in [-0.25, -0.2) is 5.43 Å². The zero-order chi connectivity index (χ0) is 19.5. The van der Waals surface area contributed by atoms with Crippen LogP contribution in [-0.4, -0.2) is 24.6 Å². The van der Waals surface area contributed by atoms with E-state index in [2.05, 4.69) is 22.4 Å². The van der Waals surface area contributed by atoms with Crippen molar-refractivity contribution >= 4 is 23.7 Å². The van der Waals surface area contributed by atoms with Crippen molar-refractivity contribution in [2.24, 2.45) is 5.10 Å². The average molecular weight is 365 g/mol. The number of carbonyl (C=O) groups is 2. The topological polar surface area (TPSA) is 79.8 Å². The Balaban J connectivity index is 1.88. The van der Waals surface area contributed by atoms with Gasteiger partial charge < -0.3 is 10.1 Å². The molecule has 6 nitrogen and oxygen atoms in total. The van der Waals surface area contributed by atoms with Crippen LogP contribution in [0.4, 0.5) is 5.69 Å². The number of ether oxygens (including phenoxy) is 1. The highest BCUT2D eigenvalue weighted by Gasteiger charge is 2.10. The minimum Gasteiger partial charge on any atom is -0.489 e. The number of hydrazone groups is 1. The fourth-order valence-electron chi connectivity index (χ4n) is 2.37. The number of carbonyl (C=O) groups excluding carboxylic acids is 2. The van der Waals surface area contributed by atoms with Crippen molar-refractivity contribution in [3.8, 4) is 5.75 Å². The Morgan fingerprint density at radius 3 is 2.63 bits per heavy atom. The van der Waals surface area contributed by atoms with E-state index >= 15 is 0 Å². The first-order chi connectivity index (χ1) is 13.1. The summed E-state index contributed by atoms with van der Waals surface area (Å²) in [4.78, 5) is 24.0. The first-order valence-corrected chi connectivity index (χ1v) is 8.66. The molecular formula is C21H23N3O3. The van der Waals surface area contributed by atoms with Crippen molar-refractivity contribution in [1.29, 1.82) is 0 Å². The van der Waals surface area contributed by atoms with E-state index in [4.69, 9.17) is 4.74 Å². The SMILES string of the molecule is C=CCOc1ccccc1C=NNC(=O)CC(=O)Nc1ccccc1CC. The van der Waals surface area contributed by atoms with Crippen molar-refractivity contribution in [3.63, 3.8) is 0 Å². The second-order valence-corrected chi connectivity index (χ2v) is 5.67. The normalized spacial score (nSPS) is 10.4. The summed E-state index contributed by atoms with van der Waals surface area (Å²) in [5, 5.41) is 6.65. The standard InChI is InChI=1S/C21H23N3O3/c1-3-13-27-19-12-8-6-10-17(19)15-22-24-21(26)14-20(25)23-18-11-7-5-9-16(18)4-2/h3,5-12,15H,1,4,13-14H2,2H3,(H,23,25)(H,24,26). The van der Waals surface area contributed by atoms with E-state index in [0.717, 1.165) is 17.7 Å². The lowest BCUT2D eigenvalue weighted by atomic mass is 10.1. The van der Waals surface area contributed by atoms with Crippen LogP contribution in [0.5, 0.6) is 5.75 Å². The highest BCUT2D eigenvalue weighted by molar-refractivity contribution is 6.04. The summed E-state index contributed by atoms with van der Waals surface area (Å²) >= 11 is 0. The molecule has 0 saturated heterocycles. The first-order valence-electron chi connectivity index (χ1n) is 8.66. The lowest BCUT2D eigenvalue weighted by molar-refractivity contribution is -0.126. The number of benzene rings is 2. The molecule has 0 heterocycles. The third-order valence-electron chi connectivity index (χ3n) is 3.66. The van der Waals surface area contributed by atoms with Crippen LogP contribution in [-0.2, 0) is 16.0 Å². The van der Waals surface area contributed by atoms with E-state index in [1.54, 1.807) is 12.1 Å². The number of hydrogen-bond donors (Lipinski definition) is 2. The molecule has 2 aromatic rings.